The van der Waals surface area contributed by atoms with Crippen LogP contribution in [0, 0.1) is 6.92 Å². The van der Waals surface area contributed by atoms with Crippen molar-refractivity contribution in [2.75, 3.05) is 0 Å². The smallest absolute Gasteiger partial charge is 0.163 e. The van der Waals surface area contributed by atoms with Crippen molar-refractivity contribution in [3.8, 4) is 22.4 Å². The predicted octanol–water partition coefficient (Wildman–Crippen LogP) is 4.42. The van der Waals surface area contributed by atoms with Gasteiger partial charge in [-0.15, -0.1) is 0 Å². The molecule has 4 aromatic rings. The highest BCUT2D eigenvalue weighted by Gasteiger charge is 2.15. The molecule has 23 heavy (non-hydrogen) atoms. The fourth-order valence-corrected chi connectivity index (χ4v) is 2.86. The highest BCUT2D eigenvalue weighted by molar-refractivity contribution is 6.30. The Labute approximate surface area is 138 Å². The Morgan fingerprint density at radius 2 is 1.78 bits per heavy atom. The SMILES string of the molecule is Cc1nn2c(-c3cccnc3)ccnc2c1-c1ccc(Cl)cc1. The van der Waals surface area contributed by atoms with Gasteiger partial charge in [0.15, 0.2) is 5.65 Å². The molecule has 3 aromatic heterocycles. The first kappa shape index (κ1) is 13.9. The maximum absolute atomic E-state index is 5.99. The molecule has 0 fully saturated rings. The normalized spacial score (nSPS) is 11.0. The van der Waals surface area contributed by atoms with Crippen LogP contribution >= 0.6 is 11.6 Å². The van der Waals surface area contributed by atoms with Crippen LogP contribution in [-0.2, 0) is 0 Å². The van der Waals surface area contributed by atoms with Crippen molar-refractivity contribution >= 4 is 17.2 Å². The fraction of sp³-hybridized carbons (Fsp3) is 0.0556. The summed E-state index contributed by atoms with van der Waals surface area (Å²) in [7, 11) is 0. The van der Waals surface area contributed by atoms with Crippen molar-refractivity contribution in [3.63, 3.8) is 0 Å². The van der Waals surface area contributed by atoms with Crippen LogP contribution in [0.5, 0.6) is 0 Å². The monoisotopic (exact) mass is 320 g/mol. The van der Waals surface area contributed by atoms with Crippen molar-refractivity contribution in [2.24, 2.45) is 0 Å². The van der Waals surface area contributed by atoms with Gasteiger partial charge in [-0.3, -0.25) is 4.98 Å². The van der Waals surface area contributed by atoms with Gasteiger partial charge in [-0.1, -0.05) is 23.7 Å². The zero-order valence-corrected chi connectivity index (χ0v) is 13.2. The summed E-state index contributed by atoms with van der Waals surface area (Å²) in [5, 5.41) is 5.40. The maximum atomic E-state index is 5.99. The van der Waals surface area contributed by atoms with Crippen LogP contribution in [0.3, 0.4) is 0 Å². The molecule has 0 spiro atoms. The molecule has 112 valence electrons. The van der Waals surface area contributed by atoms with Crippen LogP contribution in [0.1, 0.15) is 5.69 Å². The zero-order valence-electron chi connectivity index (χ0n) is 12.4. The molecule has 5 heteroatoms. The second kappa shape index (κ2) is 5.48. The molecule has 1 aromatic carbocycles. The Kier molecular flexibility index (Phi) is 3.32. The average Bonchev–Trinajstić information content (AvgIpc) is 2.92. The minimum absolute atomic E-state index is 0.715. The van der Waals surface area contributed by atoms with Gasteiger partial charge in [0.25, 0.3) is 0 Å². The third kappa shape index (κ3) is 2.37. The van der Waals surface area contributed by atoms with Crippen LogP contribution in [0.15, 0.2) is 61.1 Å². The van der Waals surface area contributed by atoms with Gasteiger partial charge in [0.1, 0.15) is 0 Å². The van der Waals surface area contributed by atoms with Gasteiger partial charge < -0.3 is 0 Å². The van der Waals surface area contributed by atoms with E-state index in [2.05, 4.69) is 15.1 Å². The number of fused-ring (bicyclic) bond motifs is 1. The lowest BCUT2D eigenvalue weighted by Crippen LogP contribution is -1.96. The van der Waals surface area contributed by atoms with E-state index in [9.17, 15) is 0 Å². The van der Waals surface area contributed by atoms with E-state index < -0.39 is 0 Å². The molecule has 4 rings (SSSR count). The second-order valence-corrected chi connectivity index (χ2v) is 5.71. The number of aromatic nitrogens is 4. The average molecular weight is 321 g/mol. The number of pyridine rings is 1. The molecular formula is C18H13ClN4. The van der Waals surface area contributed by atoms with E-state index in [1.165, 1.54) is 0 Å². The molecule has 0 aliphatic heterocycles. The Hall–Kier alpha value is -2.72. The van der Waals surface area contributed by atoms with Crippen LogP contribution in [0.25, 0.3) is 28.0 Å². The van der Waals surface area contributed by atoms with Gasteiger partial charge in [0.2, 0.25) is 0 Å². The number of aryl methyl sites for hydroxylation is 1. The second-order valence-electron chi connectivity index (χ2n) is 5.27. The number of benzene rings is 1. The van der Waals surface area contributed by atoms with Crippen LogP contribution in [0.2, 0.25) is 5.02 Å². The van der Waals surface area contributed by atoms with E-state index in [4.69, 9.17) is 11.6 Å². The van der Waals surface area contributed by atoms with Gasteiger partial charge in [-0.25, -0.2) is 9.50 Å². The van der Waals surface area contributed by atoms with Crippen molar-refractivity contribution in [1.82, 2.24) is 19.6 Å². The van der Waals surface area contributed by atoms with Gasteiger partial charge in [0, 0.05) is 34.7 Å². The first-order valence-electron chi connectivity index (χ1n) is 7.25. The summed E-state index contributed by atoms with van der Waals surface area (Å²) >= 11 is 5.99. The van der Waals surface area contributed by atoms with Crippen LogP contribution in [0.4, 0.5) is 0 Å². The summed E-state index contributed by atoms with van der Waals surface area (Å²) in [6.07, 6.45) is 5.39. The van der Waals surface area contributed by atoms with Crippen LogP contribution < -0.4 is 0 Å². The maximum Gasteiger partial charge on any atom is 0.163 e. The number of hydrogen-bond donors (Lipinski definition) is 0. The minimum Gasteiger partial charge on any atom is -0.264 e. The first-order valence-corrected chi connectivity index (χ1v) is 7.62. The Bertz CT molecular complexity index is 975. The number of hydrogen-bond acceptors (Lipinski definition) is 3. The highest BCUT2D eigenvalue weighted by atomic mass is 35.5. The predicted molar refractivity (Wildman–Crippen MR) is 91.4 cm³/mol. The molecule has 0 radical (unpaired) electrons. The Morgan fingerprint density at radius 3 is 2.52 bits per heavy atom. The summed E-state index contributed by atoms with van der Waals surface area (Å²) in [6, 6.07) is 13.6. The lowest BCUT2D eigenvalue weighted by Gasteiger charge is -2.04. The topological polar surface area (TPSA) is 43.1 Å². The Morgan fingerprint density at radius 1 is 0.957 bits per heavy atom. The van der Waals surface area contributed by atoms with Crippen molar-refractivity contribution in [3.05, 3.63) is 71.8 Å². The summed E-state index contributed by atoms with van der Waals surface area (Å²) in [4.78, 5) is 8.72. The number of rotatable bonds is 2. The van der Waals surface area contributed by atoms with E-state index in [1.807, 2.05) is 60.1 Å². The van der Waals surface area contributed by atoms with Crippen molar-refractivity contribution in [2.45, 2.75) is 6.92 Å². The molecule has 0 saturated carbocycles. The highest BCUT2D eigenvalue weighted by Crippen LogP contribution is 2.30. The van der Waals surface area contributed by atoms with Crippen LogP contribution in [-0.4, -0.2) is 19.6 Å². The summed E-state index contributed by atoms with van der Waals surface area (Å²) in [5.74, 6) is 0. The van der Waals surface area contributed by atoms with E-state index in [0.717, 1.165) is 33.7 Å². The summed E-state index contributed by atoms with van der Waals surface area (Å²) in [6.45, 7) is 1.99. The molecule has 0 amide bonds. The molecule has 0 aliphatic rings. The van der Waals surface area contributed by atoms with E-state index in [-0.39, 0.29) is 0 Å². The molecule has 0 atom stereocenters. The lowest BCUT2D eigenvalue weighted by atomic mass is 10.1. The quantitative estimate of drug-likeness (QED) is 0.549. The third-order valence-electron chi connectivity index (χ3n) is 3.78. The van der Waals surface area contributed by atoms with Gasteiger partial charge in [-0.05, 0) is 42.8 Å². The lowest BCUT2D eigenvalue weighted by molar-refractivity contribution is 0.924. The van der Waals surface area contributed by atoms with Crippen molar-refractivity contribution in [1.29, 1.82) is 0 Å². The molecule has 0 N–H and O–H groups in total. The van der Waals surface area contributed by atoms with E-state index in [1.54, 1.807) is 12.4 Å². The summed E-state index contributed by atoms with van der Waals surface area (Å²) in [5.41, 5.74) is 5.80. The molecule has 0 saturated heterocycles. The van der Waals surface area contributed by atoms with Gasteiger partial charge in [0.05, 0.1) is 11.4 Å². The molecule has 0 unspecified atom stereocenters. The molecule has 4 nitrogen and oxygen atoms in total. The van der Waals surface area contributed by atoms with Gasteiger partial charge in [-0.2, -0.15) is 5.10 Å². The van der Waals surface area contributed by atoms with Crippen molar-refractivity contribution < 1.29 is 0 Å². The van der Waals surface area contributed by atoms with E-state index in [0.29, 0.717) is 5.02 Å². The first-order chi connectivity index (χ1) is 11.2. The number of nitrogens with zero attached hydrogens (tertiary/aromatic N) is 4. The molecule has 0 aliphatic carbocycles. The van der Waals surface area contributed by atoms with Gasteiger partial charge >= 0.3 is 0 Å². The number of halogens is 1. The zero-order chi connectivity index (χ0) is 15.8. The standard InChI is InChI=1S/C18H13ClN4/c1-12-17(13-4-6-15(19)7-5-13)18-21-10-8-16(23(18)22-12)14-3-2-9-20-11-14/h2-11H,1H3. The Balaban J connectivity index is 1.98. The third-order valence-corrected chi connectivity index (χ3v) is 4.04. The largest absolute Gasteiger partial charge is 0.264 e. The minimum atomic E-state index is 0.715. The molecule has 3 heterocycles. The fourth-order valence-electron chi connectivity index (χ4n) is 2.74. The molecular weight excluding hydrogens is 308 g/mol. The molecule has 0 bridgehead atoms. The van der Waals surface area contributed by atoms with E-state index >= 15 is 0 Å². The summed E-state index contributed by atoms with van der Waals surface area (Å²) < 4.78 is 1.87.